The lowest BCUT2D eigenvalue weighted by Gasteiger charge is -2.28. The Morgan fingerprint density at radius 2 is 1.90 bits per heavy atom. The van der Waals surface area contributed by atoms with Gasteiger partial charge in [0.1, 0.15) is 15.7 Å². The van der Waals surface area contributed by atoms with Crippen LogP contribution in [0.15, 0.2) is 42.5 Å². The number of morpholine rings is 1. The molecule has 6 rings (SSSR count). The van der Waals surface area contributed by atoms with E-state index >= 15 is 0 Å². The number of nitro groups is 1. The van der Waals surface area contributed by atoms with Gasteiger partial charge in [0.25, 0.3) is 11.6 Å². The van der Waals surface area contributed by atoms with Gasteiger partial charge >= 0.3 is 0 Å². The smallest absolute Gasteiger partial charge is 0.293 e. The summed E-state index contributed by atoms with van der Waals surface area (Å²) in [5.41, 5.74) is 3.40. The number of thiazole rings is 1. The number of nitro benzene ring substituents is 1. The minimum absolute atomic E-state index is 0.00819. The molecule has 0 unspecified atom stereocenters. The number of para-hydroxylation sites is 1. The molecule has 2 amide bonds. The molecule has 4 heterocycles. The summed E-state index contributed by atoms with van der Waals surface area (Å²) in [4.78, 5) is 46.6. The molecule has 200 valence electrons. The van der Waals surface area contributed by atoms with Gasteiger partial charge < -0.3 is 19.9 Å². The van der Waals surface area contributed by atoms with Crippen LogP contribution in [-0.4, -0.2) is 59.5 Å². The topological polar surface area (TPSA) is 118 Å². The van der Waals surface area contributed by atoms with Gasteiger partial charge in [0.15, 0.2) is 0 Å². The number of aromatic nitrogens is 1. The van der Waals surface area contributed by atoms with E-state index in [0.717, 1.165) is 31.2 Å². The molecule has 0 atom stereocenters. The lowest BCUT2D eigenvalue weighted by molar-refractivity contribution is -0.384. The van der Waals surface area contributed by atoms with Crippen LogP contribution in [0.2, 0.25) is 0 Å². The molecular weight excluding hydrogens is 538 g/mol. The first kappa shape index (κ1) is 25.4. The number of hydrogen-bond donors (Lipinski definition) is 1. The second-order valence-electron chi connectivity index (χ2n) is 9.40. The van der Waals surface area contributed by atoms with Crippen LogP contribution in [0.3, 0.4) is 0 Å². The summed E-state index contributed by atoms with van der Waals surface area (Å²) in [5.74, 6) is -0.426. The van der Waals surface area contributed by atoms with E-state index in [1.54, 1.807) is 35.3 Å². The third kappa shape index (κ3) is 4.86. The number of benzene rings is 2. The maximum absolute atomic E-state index is 13.5. The van der Waals surface area contributed by atoms with Gasteiger partial charge in [-0.25, -0.2) is 4.98 Å². The summed E-state index contributed by atoms with van der Waals surface area (Å²) in [7, 11) is 0. The van der Waals surface area contributed by atoms with E-state index in [9.17, 15) is 19.7 Å². The van der Waals surface area contributed by atoms with Gasteiger partial charge in [-0.05, 0) is 36.2 Å². The highest BCUT2D eigenvalue weighted by Crippen LogP contribution is 2.46. The third-order valence-electron chi connectivity index (χ3n) is 7.02. The number of anilines is 2. The first-order chi connectivity index (χ1) is 18.9. The largest absolute Gasteiger partial charge is 0.378 e. The van der Waals surface area contributed by atoms with Crippen molar-refractivity contribution in [2.45, 2.75) is 19.9 Å². The first-order valence-electron chi connectivity index (χ1n) is 12.6. The zero-order valence-corrected chi connectivity index (χ0v) is 22.8. The van der Waals surface area contributed by atoms with Gasteiger partial charge in [-0.2, -0.15) is 0 Å². The number of carbonyl (C=O) groups is 2. The number of amides is 2. The number of thiophene rings is 1. The van der Waals surface area contributed by atoms with Crippen LogP contribution in [-0.2, 0) is 22.5 Å². The Balaban J connectivity index is 1.37. The lowest BCUT2D eigenvalue weighted by Crippen LogP contribution is -2.36. The van der Waals surface area contributed by atoms with Crippen LogP contribution >= 0.6 is 22.7 Å². The van der Waals surface area contributed by atoms with E-state index in [4.69, 9.17) is 9.72 Å². The van der Waals surface area contributed by atoms with Crippen molar-refractivity contribution in [3.05, 3.63) is 68.6 Å². The van der Waals surface area contributed by atoms with Crippen LogP contribution in [0.5, 0.6) is 0 Å². The van der Waals surface area contributed by atoms with Crippen molar-refractivity contribution in [2.24, 2.45) is 0 Å². The molecule has 0 bridgehead atoms. The summed E-state index contributed by atoms with van der Waals surface area (Å²) in [5, 5.41) is 16.4. The van der Waals surface area contributed by atoms with Gasteiger partial charge in [-0.1, -0.05) is 12.1 Å². The van der Waals surface area contributed by atoms with Crippen molar-refractivity contribution in [1.29, 1.82) is 0 Å². The minimum Gasteiger partial charge on any atom is -0.378 e. The second-order valence-corrected chi connectivity index (χ2v) is 11.5. The summed E-state index contributed by atoms with van der Waals surface area (Å²) in [6.45, 7) is 4.73. The molecule has 1 N–H and O–H groups in total. The molecule has 4 aromatic rings. The standard InChI is InChI=1S/C27H25N5O5S2/c1-16(33)31-9-8-18-23(15-31)39-27(24(18)26-28-19-4-2-3-5-22(19)38-26)29-25(34)17-6-7-20(21(14-17)32(35)36)30-10-12-37-13-11-30/h2-7,14H,8-13,15H2,1H3,(H,29,34). The number of ether oxygens (including phenoxy) is 1. The van der Waals surface area contributed by atoms with Gasteiger partial charge in [0, 0.05) is 48.6 Å². The fraction of sp³-hybridized carbons (Fsp3) is 0.296. The summed E-state index contributed by atoms with van der Waals surface area (Å²) in [6.07, 6.45) is 0.659. The van der Waals surface area contributed by atoms with Gasteiger partial charge in [-0.3, -0.25) is 19.7 Å². The van der Waals surface area contributed by atoms with E-state index in [0.29, 0.717) is 56.5 Å². The molecule has 0 aliphatic carbocycles. The van der Waals surface area contributed by atoms with Crippen molar-refractivity contribution in [3.63, 3.8) is 0 Å². The minimum atomic E-state index is -0.450. The molecular formula is C27H25N5O5S2. The molecule has 0 spiro atoms. The van der Waals surface area contributed by atoms with Crippen LogP contribution in [0, 0.1) is 10.1 Å². The van der Waals surface area contributed by atoms with E-state index in [1.807, 2.05) is 29.2 Å². The molecule has 39 heavy (non-hydrogen) atoms. The van der Waals surface area contributed by atoms with Gasteiger partial charge in [0.05, 0.1) is 34.9 Å². The molecule has 0 saturated carbocycles. The quantitative estimate of drug-likeness (QED) is 0.270. The first-order valence-corrected chi connectivity index (χ1v) is 14.2. The van der Waals surface area contributed by atoms with E-state index in [1.165, 1.54) is 17.4 Å². The van der Waals surface area contributed by atoms with E-state index in [-0.39, 0.29) is 17.2 Å². The maximum Gasteiger partial charge on any atom is 0.293 e. The molecule has 1 saturated heterocycles. The summed E-state index contributed by atoms with van der Waals surface area (Å²) >= 11 is 2.99. The molecule has 2 aliphatic rings. The number of carbonyl (C=O) groups excluding carboxylic acids is 2. The third-order valence-corrected chi connectivity index (χ3v) is 9.21. The van der Waals surface area contributed by atoms with Crippen molar-refractivity contribution < 1.29 is 19.2 Å². The number of hydrogen-bond acceptors (Lipinski definition) is 9. The monoisotopic (exact) mass is 563 g/mol. The highest BCUT2D eigenvalue weighted by molar-refractivity contribution is 7.23. The normalized spacial score (nSPS) is 15.3. The Labute approximate surface area is 232 Å². The fourth-order valence-corrected chi connectivity index (χ4v) is 7.39. The molecule has 2 aliphatic heterocycles. The number of rotatable bonds is 5. The Kier molecular flexibility index (Phi) is 6.75. The van der Waals surface area contributed by atoms with E-state index < -0.39 is 10.8 Å². The Bertz CT molecular complexity index is 1570. The van der Waals surface area contributed by atoms with Gasteiger partial charge in [0.2, 0.25) is 5.91 Å². The van der Waals surface area contributed by atoms with Crippen molar-refractivity contribution in [2.75, 3.05) is 43.1 Å². The predicted octanol–water partition coefficient (Wildman–Crippen LogP) is 4.93. The number of fused-ring (bicyclic) bond motifs is 2. The average Bonchev–Trinajstić information content (AvgIpc) is 3.53. The molecule has 2 aromatic heterocycles. The van der Waals surface area contributed by atoms with Crippen molar-refractivity contribution in [1.82, 2.24) is 9.88 Å². The van der Waals surface area contributed by atoms with Crippen molar-refractivity contribution >= 4 is 61.1 Å². The van der Waals surface area contributed by atoms with Crippen LogP contribution in [0.1, 0.15) is 27.7 Å². The van der Waals surface area contributed by atoms with Gasteiger partial charge in [-0.15, -0.1) is 22.7 Å². The Morgan fingerprint density at radius 3 is 2.64 bits per heavy atom. The lowest BCUT2D eigenvalue weighted by atomic mass is 10.0. The summed E-state index contributed by atoms with van der Waals surface area (Å²) in [6, 6.07) is 12.5. The zero-order valence-electron chi connectivity index (χ0n) is 21.1. The molecule has 12 heteroatoms. The molecule has 2 aromatic carbocycles. The molecule has 0 radical (unpaired) electrons. The highest BCUT2D eigenvalue weighted by atomic mass is 32.1. The molecule has 1 fully saturated rings. The second kappa shape index (κ2) is 10.4. The van der Waals surface area contributed by atoms with Crippen LogP contribution in [0.4, 0.5) is 16.4 Å². The Morgan fingerprint density at radius 1 is 1.10 bits per heavy atom. The molecule has 10 nitrogen and oxygen atoms in total. The SMILES string of the molecule is CC(=O)N1CCc2c(sc(NC(=O)c3ccc(N4CCOCC4)c([N+](=O)[O-])c3)c2-c2nc3ccccc3s2)C1. The van der Waals surface area contributed by atoms with Crippen molar-refractivity contribution in [3.8, 4) is 10.6 Å². The predicted molar refractivity (Wildman–Crippen MR) is 152 cm³/mol. The zero-order chi connectivity index (χ0) is 27.1. The number of nitrogens with zero attached hydrogens (tertiary/aromatic N) is 4. The number of nitrogens with one attached hydrogen (secondary N) is 1. The summed E-state index contributed by atoms with van der Waals surface area (Å²) < 4.78 is 6.41. The van der Waals surface area contributed by atoms with Crippen LogP contribution in [0.25, 0.3) is 20.8 Å². The fourth-order valence-electron chi connectivity index (χ4n) is 5.02. The average molecular weight is 564 g/mol. The highest BCUT2D eigenvalue weighted by Gasteiger charge is 2.29. The van der Waals surface area contributed by atoms with Crippen LogP contribution < -0.4 is 10.2 Å². The maximum atomic E-state index is 13.5. The van der Waals surface area contributed by atoms with E-state index in [2.05, 4.69) is 5.32 Å². The Hall–Kier alpha value is -3.87.